The molecule has 1 fully saturated rings. The van der Waals surface area contributed by atoms with Crippen molar-refractivity contribution in [1.29, 1.82) is 5.26 Å². The van der Waals surface area contributed by atoms with Crippen LogP contribution < -0.4 is 0 Å². The molecule has 0 unspecified atom stereocenters. The third-order valence-electron chi connectivity index (χ3n) is 6.53. The zero-order valence-corrected chi connectivity index (χ0v) is 20.3. The molecule has 3 heterocycles. The first-order chi connectivity index (χ1) is 16.9. The summed E-state index contributed by atoms with van der Waals surface area (Å²) < 4.78 is 6.58. The van der Waals surface area contributed by atoms with Crippen molar-refractivity contribution in [2.24, 2.45) is 0 Å². The molecule has 1 aliphatic heterocycles. The van der Waals surface area contributed by atoms with Crippen LogP contribution in [0.5, 0.6) is 5.88 Å². The van der Waals surface area contributed by atoms with Gasteiger partial charge in [-0.05, 0) is 75.3 Å². The highest BCUT2D eigenvalue weighted by atomic mass is 16.5. The fourth-order valence-corrected chi connectivity index (χ4v) is 4.48. The summed E-state index contributed by atoms with van der Waals surface area (Å²) in [6.45, 7) is 4.79. The van der Waals surface area contributed by atoms with Crippen LogP contribution in [0.15, 0.2) is 42.7 Å². The maximum atomic E-state index is 13.3. The Labute approximate surface area is 205 Å². The Morgan fingerprint density at radius 1 is 1.23 bits per heavy atom. The zero-order chi connectivity index (χ0) is 24.9. The molecule has 1 saturated heterocycles. The Bertz CT molecular complexity index is 1220. The molecule has 0 saturated carbocycles. The molecule has 9 nitrogen and oxygen atoms in total. The van der Waals surface area contributed by atoms with E-state index in [1.54, 1.807) is 43.6 Å². The summed E-state index contributed by atoms with van der Waals surface area (Å²) in [7, 11) is 3.73. The minimum Gasteiger partial charge on any atom is -0.493 e. The average molecular weight is 475 g/mol. The van der Waals surface area contributed by atoms with Gasteiger partial charge in [-0.1, -0.05) is 6.07 Å². The number of hydrogen-bond donors (Lipinski definition) is 1. The lowest BCUT2D eigenvalue weighted by Crippen LogP contribution is -2.47. The number of nitrogens with zero attached hydrogens (tertiary/aromatic N) is 6. The van der Waals surface area contributed by atoms with E-state index in [0.717, 1.165) is 37.1 Å². The van der Waals surface area contributed by atoms with Gasteiger partial charge in [0.25, 0.3) is 5.91 Å². The molecule has 0 radical (unpaired) electrons. The second-order valence-electron chi connectivity index (χ2n) is 8.87. The van der Waals surface area contributed by atoms with Gasteiger partial charge in [0.2, 0.25) is 5.88 Å². The predicted molar refractivity (Wildman–Crippen MR) is 131 cm³/mol. The number of aromatic nitrogens is 3. The second kappa shape index (κ2) is 10.7. The molecule has 0 spiro atoms. The van der Waals surface area contributed by atoms with Crippen LogP contribution in [0.1, 0.15) is 34.3 Å². The van der Waals surface area contributed by atoms with Gasteiger partial charge < -0.3 is 19.6 Å². The standard InChI is InChI=1S/C26H30N6O3/c1-18-14-19(15-27)4-6-22(18)23-17-29-32(26(23)34)24-7-5-20(16-28-24)25(33)31(12-13-35-3)21-8-10-30(2)11-9-21/h4-7,14,16-17,21,34H,8-13H2,1-3H3. The topological polar surface area (TPSA) is 108 Å². The smallest absolute Gasteiger partial charge is 0.255 e. The number of ether oxygens (including phenoxy) is 1. The van der Waals surface area contributed by atoms with E-state index in [9.17, 15) is 9.90 Å². The zero-order valence-electron chi connectivity index (χ0n) is 20.3. The molecule has 1 aliphatic rings. The number of amides is 1. The van der Waals surface area contributed by atoms with Crippen molar-refractivity contribution in [2.75, 3.05) is 40.4 Å². The number of carbonyl (C=O) groups excluding carboxylic acids is 1. The number of carbonyl (C=O) groups is 1. The van der Waals surface area contributed by atoms with E-state index in [1.807, 2.05) is 11.8 Å². The van der Waals surface area contributed by atoms with E-state index in [-0.39, 0.29) is 17.8 Å². The summed E-state index contributed by atoms with van der Waals surface area (Å²) in [6.07, 6.45) is 4.95. The number of rotatable bonds is 7. The van der Waals surface area contributed by atoms with Gasteiger partial charge in [0, 0.05) is 25.9 Å². The molecule has 0 bridgehead atoms. The number of hydrogen-bond acceptors (Lipinski definition) is 7. The van der Waals surface area contributed by atoms with E-state index in [1.165, 1.54) is 10.9 Å². The normalized spacial score (nSPS) is 14.6. The fraction of sp³-hybridized carbons (Fsp3) is 0.385. The highest BCUT2D eigenvalue weighted by molar-refractivity contribution is 5.94. The minimum atomic E-state index is -0.0748. The number of likely N-dealkylation sites (tertiary alicyclic amines) is 1. The second-order valence-corrected chi connectivity index (χ2v) is 8.87. The SMILES string of the molecule is COCCN(C(=O)c1ccc(-n2ncc(-c3ccc(C#N)cc3C)c2O)nc1)C1CCN(C)CC1. The maximum Gasteiger partial charge on any atom is 0.255 e. The molecular weight excluding hydrogens is 444 g/mol. The van der Waals surface area contributed by atoms with E-state index in [2.05, 4.69) is 28.1 Å². The van der Waals surface area contributed by atoms with Crippen molar-refractivity contribution in [1.82, 2.24) is 24.6 Å². The van der Waals surface area contributed by atoms with Crippen LogP contribution >= 0.6 is 0 Å². The molecule has 182 valence electrons. The number of benzene rings is 1. The van der Waals surface area contributed by atoms with Crippen molar-refractivity contribution in [3.8, 4) is 28.9 Å². The van der Waals surface area contributed by atoms with E-state index < -0.39 is 0 Å². The molecule has 1 N–H and O–H groups in total. The van der Waals surface area contributed by atoms with Crippen molar-refractivity contribution >= 4 is 5.91 Å². The Balaban J connectivity index is 1.55. The quantitative estimate of drug-likeness (QED) is 0.561. The van der Waals surface area contributed by atoms with Gasteiger partial charge in [-0.25, -0.2) is 4.98 Å². The summed E-state index contributed by atoms with van der Waals surface area (Å²) in [5, 5.41) is 24.2. The molecule has 35 heavy (non-hydrogen) atoms. The van der Waals surface area contributed by atoms with Crippen LogP contribution in [0.4, 0.5) is 0 Å². The van der Waals surface area contributed by atoms with Crippen molar-refractivity contribution in [3.63, 3.8) is 0 Å². The van der Waals surface area contributed by atoms with Crippen molar-refractivity contribution in [2.45, 2.75) is 25.8 Å². The van der Waals surface area contributed by atoms with E-state index >= 15 is 0 Å². The predicted octanol–water partition coefficient (Wildman–Crippen LogP) is 3.00. The number of aryl methyl sites for hydroxylation is 1. The summed E-state index contributed by atoms with van der Waals surface area (Å²) >= 11 is 0. The van der Waals surface area contributed by atoms with Crippen LogP contribution in [-0.2, 0) is 4.74 Å². The molecule has 0 atom stereocenters. The Hall–Kier alpha value is -3.74. The largest absolute Gasteiger partial charge is 0.493 e. The summed E-state index contributed by atoms with van der Waals surface area (Å²) in [4.78, 5) is 21.9. The first kappa shape index (κ1) is 24.4. The van der Waals surface area contributed by atoms with Crippen LogP contribution in [0, 0.1) is 18.3 Å². The van der Waals surface area contributed by atoms with E-state index in [4.69, 9.17) is 10.00 Å². The lowest BCUT2D eigenvalue weighted by Gasteiger charge is -2.37. The Morgan fingerprint density at radius 2 is 2.00 bits per heavy atom. The third kappa shape index (κ3) is 5.19. The van der Waals surface area contributed by atoms with Crippen LogP contribution in [0.3, 0.4) is 0 Å². The number of pyridine rings is 1. The number of nitriles is 1. The van der Waals surface area contributed by atoms with Crippen molar-refractivity contribution in [3.05, 3.63) is 59.4 Å². The lowest BCUT2D eigenvalue weighted by molar-refractivity contribution is 0.0504. The Kier molecular flexibility index (Phi) is 7.44. The third-order valence-corrected chi connectivity index (χ3v) is 6.53. The van der Waals surface area contributed by atoms with Crippen LogP contribution in [-0.4, -0.2) is 82.0 Å². The maximum absolute atomic E-state index is 13.3. The molecule has 3 aromatic rings. The monoisotopic (exact) mass is 474 g/mol. The Morgan fingerprint density at radius 3 is 2.63 bits per heavy atom. The van der Waals surface area contributed by atoms with Gasteiger partial charge in [-0.2, -0.15) is 15.0 Å². The summed E-state index contributed by atoms with van der Waals surface area (Å²) in [6, 6.07) is 10.9. The minimum absolute atomic E-state index is 0.0579. The van der Waals surface area contributed by atoms with Gasteiger partial charge in [0.05, 0.1) is 35.6 Å². The average Bonchev–Trinajstić information content (AvgIpc) is 3.26. The molecular formula is C26H30N6O3. The van der Waals surface area contributed by atoms with Crippen LogP contribution in [0.25, 0.3) is 16.9 Å². The highest BCUT2D eigenvalue weighted by Crippen LogP contribution is 2.33. The van der Waals surface area contributed by atoms with Crippen LogP contribution in [0.2, 0.25) is 0 Å². The molecule has 2 aromatic heterocycles. The molecule has 4 rings (SSSR count). The van der Waals surface area contributed by atoms with Crippen molar-refractivity contribution < 1.29 is 14.6 Å². The first-order valence-corrected chi connectivity index (χ1v) is 11.7. The van der Waals surface area contributed by atoms with Gasteiger partial charge >= 0.3 is 0 Å². The van der Waals surface area contributed by atoms with Gasteiger partial charge in [-0.15, -0.1) is 0 Å². The fourth-order valence-electron chi connectivity index (χ4n) is 4.48. The number of aromatic hydroxyl groups is 1. The summed E-state index contributed by atoms with van der Waals surface area (Å²) in [5.41, 5.74) is 3.23. The van der Waals surface area contributed by atoms with Gasteiger partial charge in [0.1, 0.15) is 0 Å². The highest BCUT2D eigenvalue weighted by Gasteiger charge is 2.28. The molecule has 1 amide bonds. The van der Waals surface area contributed by atoms with Gasteiger partial charge in [0.15, 0.2) is 5.82 Å². The number of methoxy groups -OCH3 is 1. The molecule has 9 heteroatoms. The van der Waals surface area contributed by atoms with E-state index in [0.29, 0.717) is 35.7 Å². The number of piperidine rings is 1. The molecule has 1 aromatic carbocycles. The molecule has 0 aliphatic carbocycles. The first-order valence-electron chi connectivity index (χ1n) is 11.7. The van der Waals surface area contributed by atoms with Gasteiger partial charge in [-0.3, -0.25) is 4.79 Å². The lowest BCUT2D eigenvalue weighted by atomic mass is 10.0. The summed E-state index contributed by atoms with van der Waals surface area (Å²) in [5.74, 6) is 0.269.